The molecule has 18 heavy (non-hydrogen) atoms. The number of pyridine rings is 1. The molecule has 3 rings (SSSR count). The van der Waals surface area contributed by atoms with E-state index in [9.17, 15) is 0 Å². The number of rotatable bonds is 2. The van der Waals surface area contributed by atoms with E-state index in [1.807, 2.05) is 18.3 Å². The van der Waals surface area contributed by atoms with Crippen molar-refractivity contribution in [1.29, 1.82) is 0 Å². The van der Waals surface area contributed by atoms with E-state index in [-0.39, 0.29) is 0 Å². The number of hydrogen-bond donors (Lipinski definition) is 1. The van der Waals surface area contributed by atoms with Crippen molar-refractivity contribution in [3.05, 3.63) is 52.6 Å². The van der Waals surface area contributed by atoms with E-state index >= 15 is 0 Å². The molecule has 2 nitrogen and oxygen atoms in total. The Bertz CT molecular complexity index is 673. The molecule has 1 aromatic carbocycles. The van der Waals surface area contributed by atoms with Crippen molar-refractivity contribution in [3.8, 4) is 0 Å². The Hall–Kier alpha value is -1.26. The maximum Gasteiger partial charge on any atom is 0.105 e. The summed E-state index contributed by atoms with van der Waals surface area (Å²) in [5, 5.41) is 3.38. The summed E-state index contributed by atoms with van der Waals surface area (Å²) in [6.07, 6.45) is 1.83. The van der Waals surface area contributed by atoms with E-state index in [1.165, 1.54) is 10.9 Å². The summed E-state index contributed by atoms with van der Waals surface area (Å²) in [6, 6.07) is 12.5. The van der Waals surface area contributed by atoms with Gasteiger partial charge in [-0.25, -0.2) is 4.98 Å². The van der Waals surface area contributed by atoms with Crippen LogP contribution < -0.4 is 0 Å². The van der Waals surface area contributed by atoms with Gasteiger partial charge >= 0.3 is 0 Å². The summed E-state index contributed by atoms with van der Waals surface area (Å²) >= 11 is 5.09. The van der Waals surface area contributed by atoms with E-state index in [2.05, 4.69) is 57.1 Å². The van der Waals surface area contributed by atoms with Gasteiger partial charge in [0.05, 0.1) is 5.03 Å². The average molecular weight is 319 g/mol. The predicted molar refractivity (Wildman–Crippen MR) is 79.1 cm³/mol. The SMILES string of the molecule is Cc1cc(Br)cnc1Sc1cc2ccccc2[nH]1. The molecule has 0 aliphatic carbocycles. The van der Waals surface area contributed by atoms with Crippen LogP contribution in [0, 0.1) is 6.92 Å². The first-order chi connectivity index (χ1) is 8.72. The van der Waals surface area contributed by atoms with Gasteiger partial charge in [0, 0.05) is 21.6 Å². The fourth-order valence-electron chi connectivity index (χ4n) is 1.84. The van der Waals surface area contributed by atoms with Crippen molar-refractivity contribution < 1.29 is 0 Å². The van der Waals surface area contributed by atoms with Gasteiger partial charge < -0.3 is 4.98 Å². The normalized spacial score (nSPS) is 11.0. The quantitative estimate of drug-likeness (QED) is 0.736. The number of halogens is 1. The summed E-state index contributed by atoms with van der Waals surface area (Å²) in [4.78, 5) is 7.84. The number of para-hydroxylation sites is 1. The molecule has 0 amide bonds. The largest absolute Gasteiger partial charge is 0.349 e. The molecule has 0 atom stereocenters. The van der Waals surface area contributed by atoms with Crippen LogP contribution in [-0.4, -0.2) is 9.97 Å². The van der Waals surface area contributed by atoms with E-state index in [0.29, 0.717) is 0 Å². The third-order valence-corrected chi connectivity index (χ3v) is 4.20. The maximum absolute atomic E-state index is 4.44. The zero-order valence-electron chi connectivity index (χ0n) is 9.77. The highest BCUT2D eigenvalue weighted by Crippen LogP contribution is 2.31. The molecule has 0 saturated carbocycles. The van der Waals surface area contributed by atoms with Gasteiger partial charge in [0.25, 0.3) is 0 Å². The van der Waals surface area contributed by atoms with Gasteiger partial charge in [-0.2, -0.15) is 0 Å². The number of benzene rings is 1. The van der Waals surface area contributed by atoms with E-state index in [0.717, 1.165) is 20.0 Å². The minimum atomic E-state index is 1.01. The Balaban J connectivity index is 1.96. The van der Waals surface area contributed by atoms with Crippen LogP contribution in [-0.2, 0) is 0 Å². The summed E-state index contributed by atoms with van der Waals surface area (Å²) < 4.78 is 1.01. The molecule has 4 heteroatoms. The molecule has 2 heterocycles. The van der Waals surface area contributed by atoms with Crippen LogP contribution in [0.5, 0.6) is 0 Å². The Kier molecular flexibility index (Phi) is 3.14. The van der Waals surface area contributed by atoms with Gasteiger partial charge in [-0.3, -0.25) is 0 Å². The van der Waals surface area contributed by atoms with E-state index in [1.54, 1.807) is 11.8 Å². The molecule has 0 radical (unpaired) electrons. The summed E-state index contributed by atoms with van der Waals surface area (Å²) in [6.45, 7) is 2.07. The molecule has 90 valence electrons. The average Bonchev–Trinajstić information content (AvgIpc) is 2.75. The van der Waals surface area contributed by atoms with E-state index in [4.69, 9.17) is 0 Å². The van der Waals surface area contributed by atoms with Crippen LogP contribution in [0.3, 0.4) is 0 Å². The standard InChI is InChI=1S/C14H11BrN2S/c1-9-6-11(15)8-16-14(9)18-13-7-10-4-2-3-5-12(10)17-13/h2-8,17H,1H3. The lowest BCUT2D eigenvalue weighted by Gasteiger charge is -2.02. The molecule has 0 bridgehead atoms. The van der Waals surface area contributed by atoms with Crippen molar-refractivity contribution in [2.24, 2.45) is 0 Å². The molecule has 2 aromatic heterocycles. The smallest absolute Gasteiger partial charge is 0.105 e. The second kappa shape index (κ2) is 4.78. The topological polar surface area (TPSA) is 28.7 Å². The number of aryl methyl sites for hydroxylation is 1. The predicted octanol–water partition coefficient (Wildman–Crippen LogP) is 4.79. The third kappa shape index (κ3) is 2.31. The zero-order chi connectivity index (χ0) is 12.5. The van der Waals surface area contributed by atoms with Gasteiger partial charge in [-0.1, -0.05) is 30.0 Å². The lowest BCUT2D eigenvalue weighted by Crippen LogP contribution is -1.85. The molecule has 0 spiro atoms. The van der Waals surface area contributed by atoms with Crippen LogP contribution >= 0.6 is 27.7 Å². The van der Waals surface area contributed by atoms with Crippen LogP contribution in [0.4, 0.5) is 0 Å². The second-order valence-corrected chi connectivity index (χ2v) is 6.04. The molecule has 0 unspecified atom stereocenters. The van der Waals surface area contributed by atoms with Gasteiger partial charge in [0.2, 0.25) is 0 Å². The molecular formula is C14H11BrN2S. The summed E-state index contributed by atoms with van der Waals surface area (Å²) in [5.74, 6) is 0. The van der Waals surface area contributed by atoms with Crippen LogP contribution in [0.1, 0.15) is 5.56 Å². The van der Waals surface area contributed by atoms with Crippen LogP contribution in [0.25, 0.3) is 10.9 Å². The highest BCUT2D eigenvalue weighted by atomic mass is 79.9. The highest BCUT2D eigenvalue weighted by Gasteiger charge is 2.06. The maximum atomic E-state index is 4.44. The Morgan fingerprint density at radius 1 is 1.22 bits per heavy atom. The highest BCUT2D eigenvalue weighted by molar-refractivity contribution is 9.10. The number of H-pyrrole nitrogens is 1. The fourth-order valence-corrected chi connectivity index (χ4v) is 3.17. The first-order valence-electron chi connectivity index (χ1n) is 5.60. The third-order valence-electron chi connectivity index (χ3n) is 2.71. The number of aromatic nitrogens is 2. The lowest BCUT2D eigenvalue weighted by atomic mass is 10.3. The first-order valence-corrected chi connectivity index (χ1v) is 7.21. The van der Waals surface area contributed by atoms with Crippen LogP contribution in [0.2, 0.25) is 0 Å². The van der Waals surface area contributed by atoms with Gasteiger partial charge in [-0.05, 0) is 46.6 Å². The van der Waals surface area contributed by atoms with Crippen LogP contribution in [0.15, 0.2) is 57.1 Å². The monoisotopic (exact) mass is 318 g/mol. The molecular weight excluding hydrogens is 308 g/mol. The minimum absolute atomic E-state index is 1.01. The first kappa shape index (κ1) is 11.8. The van der Waals surface area contributed by atoms with Gasteiger partial charge in [-0.15, -0.1) is 0 Å². The molecule has 1 N–H and O–H groups in total. The molecule has 0 aliphatic rings. The van der Waals surface area contributed by atoms with E-state index < -0.39 is 0 Å². The Morgan fingerprint density at radius 2 is 2.06 bits per heavy atom. The van der Waals surface area contributed by atoms with Crippen molar-refractivity contribution >= 4 is 38.6 Å². The summed E-state index contributed by atoms with van der Waals surface area (Å²) in [5.41, 5.74) is 2.34. The molecule has 0 aliphatic heterocycles. The molecule has 0 saturated heterocycles. The fraction of sp³-hybridized carbons (Fsp3) is 0.0714. The number of aromatic amines is 1. The number of hydrogen-bond acceptors (Lipinski definition) is 2. The van der Waals surface area contributed by atoms with Crippen molar-refractivity contribution in [2.45, 2.75) is 17.0 Å². The minimum Gasteiger partial charge on any atom is -0.349 e. The van der Waals surface area contributed by atoms with Crippen molar-refractivity contribution in [1.82, 2.24) is 9.97 Å². The second-order valence-electron chi connectivity index (χ2n) is 4.10. The zero-order valence-corrected chi connectivity index (χ0v) is 12.2. The van der Waals surface area contributed by atoms with Gasteiger partial charge in [0.1, 0.15) is 5.03 Å². The number of nitrogens with one attached hydrogen (secondary N) is 1. The number of nitrogens with zero attached hydrogens (tertiary/aromatic N) is 1. The van der Waals surface area contributed by atoms with Gasteiger partial charge in [0.15, 0.2) is 0 Å². The Morgan fingerprint density at radius 3 is 2.83 bits per heavy atom. The Labute approximate surface area is 118 Å². The number of fused-ring (bicyclic) bond motifs is 1. The molecule has 0 fully saturated rings. The van der Waals surface area contributed by atoms with Crippen molar-refractivity contribution in [2.75, 3.05) is 0 Å². The van der Waals surface area contributed by atoms with Crippen molar-refractivity contribution in [3.63, 3.8) is 0 Å². The summed E-state index contributed by atoms with van der Waals surface area (Å²) in [7, 11) is 0. The molecule has 3 aromatic rings. The lowest BCUT2D eigenvalue weighted by molar-refractivity contribution is 1.06.